The van der Waals surface area contributed by atoms with E-state index >= 15 is 0 Å². The van der Waals surface area contributed by atoms with Crippen molar-refractivity contribution in [1.29, 1.82) is 0 Å². The predicted molar refractivity (Wildman–Crippen MR) is 70.4 cm³/mol. The third kappa shape index (κ3) is 4.36. The summed E-state index contributed by atoms with van der Waals surface area (Å²) in [4.78, 5) is 11.7. The maximum absolute atomic E-state index is 11.7. The first kappa shape index (κ1) is 15.9. The molecule has 17 heavy (non-hydrogen) atoms. The molecule has 0 fully saturated rings. The molecule has 0 aliphatic rings. The van der Waals surface area contributed by atoms with Crippen LogP contribution in [0.4, 0.5) is 0 Å². The number of rotatable bonds is 5. The summed E-state index contributed by atoms with van der Waals surface area (Å²) in [5.41, 5.74) is 7.05. The Morgan fingerprint density at radius 2 is 2.12 bits per heavy atom. The molecule has 98 valence electrons. The van der Waals surface area contributed by atoms with Crippen LogP contribution in [0.15, 0.2) is 6.07 Å². The van der Waals surface area contributed by atoms with Gasteiger partial charge in [0, 0.05) is 17.8 Å². The Morgan fingerprint density at radius 1 is 1.53 bits per heavy atom. The van der Waals surface area contributed by atoms with Crippen LogP contribution in [0.3, 0.4) is 0 Å². The molecule has 6 heteroatoms. The summed E-state index contributed by atoms with van der Waals surface area (Å²) in [6.07, 6.45) is 1.67. The number of nitrogens with two attached hydrogens (primary N) is 1. The van der Waals surface area contributed by atoms with Gasteiger partial charge in [-0.2, -0.15) is 5.10 Å². The van der Waals surface area contributed by atoms with Crippen LogP contribution in [0.2, 0.25) is 0 Å². The molecule has 0 saturated carbocycles. The largest absolute Gasteiger partial charge is 0.349 e. The Morgan fingerprint density at radius 3 is 2.53 bits per heavy atom. The molecule has 0 aromatic carbocycles. The molecule has 4 N–H and O–H groups in total. The number of hydrogen-bond donors (Lipinski definition) is 3. The summed E-state index contributed by atoms with van der Waals surface area (Å²) in [6.45, 7) is 6.38. The number of carbonyl (C=O) groups excluding carboxylic acids is 1. The van der Waals surface area contributed by atoms with Crippen molar-refractivity contribution in [1.82, 2.24) is 15.5 Å². The molecule has 1 aromatic rings. The van der Waals surface area contributed by atoms with Crippen LogP contribution in [0, 0.1) is 6.92 Å². The molecule has 0 radical (unpaired) electrons. The Labute approximate surface area is 108 Å². The molecule has 1 heterocycles. The van der Waals surface area contributed by atoms with Crippen molar-refractivity contribution >= 4 is 18.3 Å². The normalized spacial score (nSPS) is 10.8. The number of nitrogens with zero attached hydrogens (tertiary/aromatic N) is 1. The molecule has 1 amide bonds. The number of hydrogen-bond acceptors (Lipinski definition) is 3. The molecular weight excluding hydrogens is 240 g/mol. The molecular formula is C11H21ClN4O. The van der Waals surface area contributed by atoms with Crippen LogP contribution in [0.25, 0.3) is 0 Å². The number of aryl methyl sites for hydroxylation is 1. The van der Waals surface area contributed by atoms with E-state index in [-0.39, 0.29) is 23.9 Å². The number of H-pyrrole nitrogens is 1. The van der Waals surface area contributed by atoms with Gasteiger partial charge in [0.1, 0.15) is 5.69 Å². The number of nitrogens with one attached hydrogen (secondary N) is 2. The van der Waals surface area contributed by atoms with Gasteiger partial charge in [0.05, 0.1) is 0 Å². The van der Waals surface area contributed by atoms with Crippen molar-refractivity contribution in [2.24, 2.45) is 5.73 Å². The van der Waals surface area contributed by atoms with Gasteiger partial charge >= 0.3 is 0 Å². The van der Waals surface area contributed by atoms with Crippen molar-refractivity contribution in [3.63, 3.8) is 0 Å². The van der Waals surface area contributed by atoms with Crippen LogP contribution >= 0.6 is 12.4 Å². The third-order valence-corrected chi connectivity index (χ3v) is 2.95. The second kappa shape index (κ2) is 6.61. The molecule has 0 saturated heterocycles. The maximum atomic E-state index is 11.7. The summed E-state index contributed by atoms with van der Waals surface area (Å²) >= 11 is 0. The van der Waals surface area contributed by atoms with Crippen molar-refractivity contribution < 1.29 is 4.79 Å². The van der Waals surface area contributed by atoms with E-state index in [1.165, 1.54) is 0 Å². The van der Waals surface area contributed by atoms with E-state index in [2.05, 4.69) is 15.5 Å². The van der Waals surface area contributed by atoms with Gasteiger partial charge in [-0.3, -0.25) is 9.89 Å². The van der Waals surface area contributed by atoms with E-state index < -0.39 is 0 Å². The van der Waals surface area contributed by atoms with Crippen LogP contribution in [-0.2, 0) is 0 Å². The Bertz CT molecular complexity index is 360. The first-order valence-corrected chi connectivity index (χ1v) is 5.60. The number of amides is 1. The quantitative estimate of drug-likeness (QED) is 0.748. The molecule has 0 spiro atoms. The molecule has 0 aliphatic heterocycles. The Kier molecular flexibility index (Phi) is 6.20. The zero-order chi connectivity index (χ0) is 12.2. The van der Waals surface area contributed by atoms with Crippen molar-refractivity contribution in [2.45, 2.75) is 39.2 Å². The van der Waals surface area contributed by atoms with Crippen molar-refractivity contribution in [3.05, 3.63) is 17.5 Å². The fraction of sp³-hybridized carbons (Fsp3) is 0.636. The lowest BCUT2D eigenvalue weighted by atomic mass is 9.94. The minimum Gasteiger partial charge on any atom is -0.349 e. The van der Waals surface area contributed by atoms with Gasteiger partial charge in [-0.1, -0.05) is 13.8 Å². The lowest BCUT2D eigenvalue weighted by Crippen LogP contribution is -2.49. The predicted octanol–water partition coefficient (Wildman–Crippen LogP) is 1.39. The SMILES string of the molecule is CCC(N)(CC)CNC(=O)c1cc(C)[nH]n1.Cl. The number of aromatic amines is 1. The minimum atomic E-state index is -0.318. The van der Waals surface area contributed by atoms with E-state index in [1.54, 1.807) is 6.07 Å². The summed E-state index contributed by atoms with van der Waals surface area (Å²) in [7, 11) is 0. The zero-order valence-corrected chi connectivity index (χ0v) is 11.4. The van der Waals surface area contributed by atoms with Gasteiger partial charge in [-0.25, -0.2) is 0 Å². The molecule has 1 aromatic heterocycles. The summed E-state index contributed by atoms with van der Waals surface area (Å²) in [5, 5.41) is 9.43. The number of halogens is 1. The van der Waals surface area contributed by atoms with Gasteiger partial charge in [0.2, 0.25) is 0 Å². The van der Waals surface area contributed by atoms with E-state index in [1.807, 2.05) is 20.8 Å². The highest BCUT2D eigenvalue weighted by atomic mass is 35.5. The first-order chi connectivity index (χ1) is 7.50. The number of carbonyl (C=O) groups is 1. The van der Waals surface area contributed by atoms with Gasteiger partial charge < -0.3 is 11.1 Å². The molecule has 0 aliphatic carbocycles. The lowest BCUT2D eigenvalue weighted by Gasteiger charge is -2.26. The van der Waals surface area contributed by atoms with Crippen LogP contribution in [0.5, 0.6) is 0 Å². The average Bonchev–Trinajstić information content (AvgIpc) is 2.72. The zero-order valence-electron chi connectivity index (χ0n) is 10.5. The van der Waals surface area contributed by atoms with Gasteiger partial charge in [0.25, 0.3) is 5.91 Å². The topological polar surface area (TPSA) is 83.8 Å². The number of aromatic nitrogens is 2. The Balaban J connectivity index is 0.00000256. The molecule has 5 nitrogen and oxygen atoms in total. The highest BCUT2D eigenvalue weighted by Crippen LogP contribution is 2.09. The monoisotopic (exact) mass is 260 g/mol. The second-order valence-corrected chi connectivity index (χ2v) is 4.19. The summed E-state index contributed by atoms with van der Waals surface area (Å²) in [6, 6.07) is 1.71. The minimum absolute atomic E-state index is 0. The lowest BCUT2D eigenvalue weighted by molar-refractivity contribution is 0.0937. The fourth-order valence-electron chi connectivity index (χ4n) is 1.38. The molecule has 1 rings (SSSR count). The van der Waals surface area contributed by atoms with E-state index in [9.17, 15) is 4.79 Å². The first-order valence-electron chi connectivity index (χ1n) is 5.60. The average molecular weight is 261 g/mol. The van der Waals surface area contributed by atoms with Gasteiger partial charge in [-0.05, 0) is 25.8 Å². The standard InChI is InChI=1S/C11H20N4O.ClH/c1-4-11(12,5-2)7-13-10(16)9-6-8(3)14-15-9;/h6H,4-5,7,12H2,1-3H3,(H,13,16)(H,14,15);1H. The van der Waals surface area contributed by atoms with Crippen LogP contribution in [-0.4, -0.2) is 28.2 Å². The molecule has 0 bridgehead atoms. The molecule has 0 atom stereocenters. The summed E-state index contributed by atoms with van der Waals surface area (Å²) in [5.74, 6) is -0.180. The maximum Gasteiger partial charge on any atom is 0.271 e. The van der Waals surface area contributed by atoms with E-state index in [0.717, 1.165) is 18.5 Å². The smallest absolute Gasteiger partial charge is 0.271 e. The van der Waals surface area contributed by atoms with E-state index in [0.29, 0.717) is 12.2 Å². The van der Waals surface area contributed by atoms with Crippen LogP contribution < -0.4 is 11.1 Å². The highest BCUT2D eigenvalue weighted by Gasteiger charge is 2.21. The third-order valence-electron chi connectivity index (χ3n) is 2.95. The van der Waals surface area contributed by atoms with Gasteiger partial charge in [-0.15, -0.1) is 12.4 Å². The van der Waals surface area contributed by atoms with Gasteiger partial charge in [0.15, 0.2) is 0 Å². The van der Waals surface area contributed by atoms with Crippen LogP contribution in [0.1, 0.15) is 42.9 Å². The molecule has 0 unspecified atom stereocenters. The highest BCUT2D eigenvalue weighted by molar-refractivity contribution is 5.92. The second-order valence-electron chi connectivity index (χ2n) is 4.19. The fourth-order valence-corrected chi connectivity index (χ4v) is 1.38. The van der Waals surface area contributed by atoms with Crippen molar-refractivity contribution in [2.75, 3.05) is 6.54 Å². The Hall–Kier alpha value is -1.07. The van der Waals surface area contributed by atoms with Crippen molar-refractivity contribution in [3.8, 4) is 0 Å². The van der Waals surface area contributed by atoms with E-state index in [4.69, 9.17) is 5.73 Å². The summed E-state index contributed by atoms with van der Waals surface area (Å²) < 4.78 is 0.